The van der Waals surface area contributed by atoms with E-state index in [0.29, 0.717) is 18.9 Å². The standard InChI is InChI=1S/C20H23N7OS/c1-13-4-5-16(21-12-13)23-17-6-7-18(25-24-17)26-8-10-27(11-9-26)20(28)19-14(2)22-15(3)29-19/h4-7,12H,8-11H2,1-3H3,(H,21,23,24). The van der Waals surface area contributed by atoms with Crippen molar-refractivity contribution in [3.63, 3.8) is 0 Å². The topological polar surface area (TPSA) is 87.1 Å². The minimum Gasteiger partial charge on any atom is -0.352 e. The first kappa shape index (κ1) is 19.3. The highest BCUT2D eigenvalue weighted by Gasteiger charge is 2.25. The summed E-state index contributed by atoms with van der Waals surface area (Å²) in [6.45, 7) is 8.59. The summed E-state index contributed by atoms with van der Waals surface area (Å²) in [5.74, 6) is 2.27. The zero-order valence-electron chi connectivity index (χ0n) is 16.7. The molecule has 0 spiro atoms. The van der Waals surface area contributed by atoms with Gasteiger partial charge in [-0.1, -0.05) is 6.07 Å². The molecule has 9 heteroatoms. The van der Waals surface area contributed by atoms with Crippen molar-refractivity contribution in [3.05, 3.63) is 51.6 Å². The lowest BCUT2D eigenvalue weighted by Crippen LogP contribution is -2.49. The molecule has 1 aliphatic heterocycles. The number of carbonyl (C=O) groups is 1. The number of carbonyl (C=O) groups excluding carboxylic acids is 1. The summed E-state index contributed by atoms with van der Waals surface area (Å²) in [4.78, 5) is 26.2. The Bertz CT molecular complexity index is 993. The first-order valence-electron chi connectivity index (χ1n) is 9.51. The zero-order valence-corrected chi connectivity index (χ0v) is 17.5. The third kappa shape index (κ3) is 4.34. The fraction of sp³-hybridized carbons (Fsp3) is 0.350. The van der Waals surface area contributed by atoms with Crippen LogP contribution in [-0.2, 0) is 0 Å². The fourth-order valence-electron chi connectivity index (χ4n) is 3.25. The van der Waals surface area contributed by atoms with E-state index in [9.17, 15) is 4.79 Å². The molecule has 0 atom stereocenters. The molecule has 1 saturated heterocycles. The summed E-state index contributed by atoms with van der Waals surface area (Å²) in [6, 6.07) is 7.74. The Balaban J connectivity index is 1.35. The highest BCUT2D eigenvalue weighted by Crippen LogP contribution is 2.21. The summed E-state index contributed by atoms with van der Waals surface area (Å²) in [7, 11) is 0. The number of rotatable bonds is 4. The number of aromatic nitrogens is 4. The third-order valence-corrected chi connectivity index (χ3v) is 5.87. The van der Waals surface area contributed by atoms with Gasteiger partial charge in [0, 0.05) is 32.4 Å². The van der Waals surface area contributed by atoms with Gasteiger partial charge in [-0.05, 0) is 44.5 Å². The second-order valence-electron chi connectivity index (χ2n) is 7.05. The smallest absolute Gasteiger partial charge is 0.265 e. The van der Waals surface area contributed by atoms with Crippen molar-refractivity contribution in [1.29, 1.82) is 0 Å². The summed E-state index contributed by atoms with van der Waals surface area (Å²) in [5, 5.41) is 12.7. The van der Waals surface area contributed by atoms with E-state index in [1.165, 1.54) is 11.3 Å². The van der Waals surface area contributed by atoms with Crippen LogP contribution in [0.4, 0.5) is 17.5 Å². The highest BCUT2D eigenvalue weighted by atomic mass is 32.1. The van der Waals surface area contributed by atoms with Crippen LogP contribution in [0, 0.1) is 20.8 Å². The van der Waals surface area contributed by atoms with E-state index >= 15 is 0 Å². The lowest BCUT2D eigenvalue weighted by atomic mass is 10.2. The molecule has 1 aliphatic rings. The van der Waals surface area contributed by atoms with E-state index < -0.39 is 0 Å². The van der Waals surface area contributed by atoms with Crippen LogP contribution in [-0.4, -0.2) is 57.2 Å². The molecule has 1 fully saturated rings. The van der Waals surface area contributed by atoms with Crippen LogP contribution >= 0.6 is 11.3 Å². The first-order valence-corrected chi connectivity index (χ1v) is 10.3. The van der Waals surface area contributed by atoms with Gasteiger partial charge in [-0.3, -0.25) is 4.79 Å². The monoisotopic (exact) mass is 409 g/mol. The van der Waals surface area contributed by atoms with Crippen molar-refractivity contribution in [2.75, 3.05) is 36.4 Å². The number of pyridine rings is 1. The van der Waals surface area contributed by atoms with E-state index in [1.807, 2.05) is 49.9 Å². The predicted octanol–water partition coefficient (Wildman–Crippen LogP) is 2.96. The molecular formula is C20H23N7OS. The Morgan fingerprint density at radius 3 is 2.34 bits per heavy atom. The van der Waals surface area contributed by atoms with Crippen LogP contribution in [0.3, 0.4) is 0 Å². The number of hydrogen-bond acceptors (Lipinski definition) is 8. The largest absolute Gasteiger partial charge is 0.352 e. The van der Waals surface area contributed by atoms with Crippen LogP contribution in [0.1, 0.15) is 25.9 Å². The van der Waals surface area contributed by atoms with Gasteiger partial charge in [0.15, 0.2) is 11.6 Å². The number of nitrogens with zero attached hydrogens (tertiary/aromatic N) is 6. The van der Waals surface area contributed by atoms with Crippen molar-refractivity contribution in [3.8, 4) is 0 Å². The molecule has 4 heterocycles. The van der Waals surface area contributed by atoms with Gasteiger partial charge in [0.05, 0.1) is 10.7 Å². The van der Waals surface area contributed by atoms with Crippen molar-refractivity contribution < 1.29 is 4.79 Å². The predicted molar refractivity (Wildman–Crippen MR) is 114 cm³/mol. The number of aryl methyl sites for hydroxylation is 3. The number of amides is 1. The number of nitrogens with one attached hydrogen (secondary N) is 1. The Kier molecular flexibility index (Phi) is 5.39. The lowest BCUT2D eigenvalue weighted by Gasteiger charge is -2.35. The maximum absolute atomic E-state index is 12.8. The van der Waals surface area contributed by atoms with E-state index in [-0.39, 0.29) is 5.91 Å². The maximum atomic E-state index is 12.8. The van der Waals surface area contributed by atoms with Gasteiger partial charge < -0.3 is 15.1 Å². The third-order valence-electron chi connectivity index (χ3n) is 4.81. The Morgan fingerprint density at radius 2 is 1.76 bits per heavy atom. The number of hydrogen-bond donors (Lipinski definition) is 1. The molecule has 150 valence electrons. The molecule has 29 heavy (non-hydrogen) atoms. The van der Waals surface area contributed by atoms with E-state index in [4.69, 9.17) is 0 Å². The zero-order chi connectivity index (χ0) is 20.4. The Hall–Kier alpha value is -3.07. The molecule has 3 aromatic heterocycles. The molecule has 3 aromatic rings. The SMILES string of the molecule is Cc1ccc(Nc2ccc(N3CCN(C(=O)c4sc(C)nc4C)CC3)nn2)nc1. The minimum atomic E-state index is 0.0731. The van der Waals surface area contributed by atoms with Gasteiger partial charge in [-0.2, -0.15) is 0 Å². The summed E-state index contributed by atoms with van der Waals surface area (Å²) >= 11 is 1.47. The summed E-state index contributed by atoms with van der Waals surface area (Å²) < 4.78 is 0. The molecule has 0 aliphatic carbocycles. The van der Waals surface area contributed by atoms with E-state index in [2.05, 4.69) is 30.4 Å². The normalized spacial score (nSPS) is 14.2. The highest BCUT2D eigenvalue weighted by molar-refractivity contribution is 7.13. The van der Waals surface area contributed by atoms with Crippen molar-refractivity contribution in [1.82, 2.24) is 25.1 Å². The Morgan fingerprint density at radius 1 is 1.00 bits per heavy atom. The van der Waals surface area contributed by atoms with E-state index in [0.717, 1.165) is 45.9 Å². The van der Waals surface area contributed by atoms with Crippen molar-refractivity contribution >= 4 is 34.7 Å². The molecule has 1 N–H and O–H groups in total. The molecule has 0 radical (unpaired) electrons. The van der Waals surface area contributed by atoms with Crippen molar-refractivity contribution in [2.45, 2.75) is 20.8 Å². The van der Waals surface area contributed by atoms with Gasteiger partial charge in [-0.15, -0.1) is 21.5 Å². The molecular weight excluding hydrogens is 386 g/mol. The molecule has 1 amide bonds. The maximum Gasteiger partial charge on any atom is 0.265 e. The second-order valence-corrected chi connectivity index (χ2v) is 8.25. The van der Waals surface area contributed by atoms with Gasteiger partial charge in [-0.25, -0.2) is 9.97 Å². The summed E-state index contributed by atoms with van der Waals surface area (Å²) in [6.07, 6.45) is 1.81. The fourth-order valence-corrected chi connectivity index (χ4v) is 4.13. The number of thiazole rings is 1. The Labute approximate surface area is 173 Å². The first-order chi connectivity index (χ1) is 14.0. The number of piperazine rings is 1. The minimum absolute atomic E-state index is 0.0731. The lowest BCUT2D eigenvalue weighted by molar-refractivity contribution is 0.0750. The average Bonchev–Trinajstić information content (AvgIpc) is 3.08. The van der Waals surface area contributed by atoms with Crippen LogP contribution in [0.2, 0.25) is 0 Å². The quantitative estimate of drug-likeness (QED) is 0.709. The molecule has 8 nitrogen and oxygen atoms in total. The van der Waals surface area contributed by atoms with Crippen LogP contribution in [0.15, 0.2) is 30.5 Å². The summed E-state index contributed by atoms with van der Waals surface area (Å²) in [5.41, 5.74) is 1.92. The van der Waals surface area contributed by atoms with Crippen molar-refractivity contribution in [2.24, 2.45) is 0 Å². The molecule has 0 bridgehead atoms. The van der Waals surface area contributed by atoms with Crippen LogP contribution < -0.4 is 10.2 Å². The van der Waals surface area contributed by atoms with Gasteiger partial charge >= 0.3 is 0 Å². The van der Waals surface area contributed by atoms with Crippen LogP contribution in [0.5, 0.6) is 0 Å². The van der Waals surface area contributed by atoms with Gasteiger partial charge in [0.25, 0.3) is 5.91 Å². The number of anilines is 3. The van der Waals surface area contributed by atoms with Gasteiger partial charge in [0.2, 0.25) is 0 Å². The molecule has 0 unspecified atom stereocenters. The van der Waals surface area contributed by atoms with E-state index in [1.54, 1.807) is 6.20 Å². The average molecular weight is 410 g/mol. The molecule has 0 aromatic carbocycles. The molecule has 4 rings (SSSR count). The van der Waals surface area contributed by atoms with Gasteiger partial charge in [0.1, 0.15) is 10.7 Å². The second kappa shape index (κ2) is 8.12. The van der Waals surface area contributed by atoms with Crippen LogP contribution in [0.25, 0.3) is 0 Å². The molecule has 0 saturated carbocycles.